The van der Waals surface area contributed by atoms with Crippen molar-refractivity contribution in [1.29, 1.82) is 0 Å². The Labute approximate surface area is 98.3 Å². The van der Waals surface area contributed by atoms with Gasteiger partial charge in [-0.1, -0.05) is 23.8 Å². The van der Waals surface area contributed by atoms with Crippen LogP contribution in [-0.4, -0.2) is 6.54 Å². The molecule has 0 spiro atoms. The van der Waals surface area contributed by atoms with Crippen LogP contribution in [0, 0.1) is 19.8 Å². The molecule has 1 heteroatoms. The smallest absolute Gasteiger partial charge is 0.0466 e. The molecule has 1 aliphatic heterocycles. The van der Waals surface area contributed by atoms with E-state index in [1.807, 2.05) is 0 Å². The molecule has 1 nitrogen and oxygen atoms in total. The highest BCUT2D eigenvalue weighted by atomic mass is 15.0. The lowest BCUT2D eigenvalue weighted by Gasteiger charge is -2.32. The molecule has 1 heterocycles. The van der Waals surface area contributed by atoms with E-state index in [9.17, 15) is 0 Å². The van der Waals surface area contributed by atoms with Crippen LogP contribution in [0.5, 0.6) is 0 Å². The molecule has 0 amide bonds. The molecule has 3 rings (SSSR count). The quantitative estimate of drug-likeness (QED) is 0.798. The fourth-order valence-electron chi connectivity index (χ4n) is 3.36. The van der Waals surface area contributed by atoms with Crippen LogP contribution in [0.1, 0.15) is 42.4 Å². The molecule has 2 aliphatic rings. The minimum atomic E-state index is 0.329. The predicted molar refractivity (Wildman–Crippen MR) is 67.6 cm³/mol. The van der Waals surface area contributed by atoms with Crippen LogP contribution in [0.25, 0.3) is 0 Å². The first-order chi connectivity index (χ1) is 7.72. The van der Waals surface area contributed by atoms with Crippen LogP contribution >= 0.6 is 0 Å². The highest BCUT2D eigenvalue weighted by Gasteiger charge is 2.48. The highest BCUT2D eigenvalue weighted by Crippen LogP contribution is 2.51. The molecule has 1 atom stereocenters. The minimum absolute atomic E-state index is 0.329. The summed E-state index contributed by atoms with van der Waals surface area (Å²) in [5.74, 6) is 0.899. The SMILES string of the molecule is Cc1ccc(C)c(C2(C3CC3)CCCN2)c1. The van der Waals surface area contributed by atoms with Gasteiger partial charge in [-0.15, -0.1) is 0 Å². The molecule has 1 unspecified atom stereocenters. The number of benzene rings is 1. The number of hydrogen-bond acceptors (Lipinski definition) is 1. The Morgan fingerprint density at radius 1 is 1.25 bits per heavy atom. The van der Waals surface area contributed by atoms with Crippen LogP contribution in [0.15, 0.2) is 18.2 Å². The van der Waals surface area contributed by atoms with Gasteiger partial charge in [0.1, 0.15) is 0 Å². The van der Waals surface area contributed by atoms with Crippen molar-refractivity contribution in [1.82, 2.24) is 5.32 Å². The van der Waals surface area contributed by atoms with Crippen molar-refractivity contribution < 1.29 is 0 Å². The summed E-state index contributed by atoms with van der Waals surface area (Å²) in [7, 11) is 0. The molecule has 1 saturated heterocycles. The maximum Gasteiger partial charge on any atom is 0.0466 e. The number of rotatable bonds is 2. The Balaban J connectivity index is 2.08. The lowest BCUT2D eigenvalue weighted by Crippen LogP contribution is -2.39. The largest absolute Gasteiger partial charge is 0.307 e. The van der Waals surface area contributed by atoms with E-state index in [0.717, 1.165) is 5.92 Å². The molecule has 1 saturated carbocycles. The molecule has 16 heavy (non-hydrogen) atoms. The third-order valence-corrected chi connectivity index (χ3v) is 4.34. The second-order valence-electron chi connectivity index (χ2n) is 5.59. The molecular weight excluding hydrogens is 194 g/mol. The summed E-state index contributed by atoms with van der Waals surface area (Å²) in [6.45, 7) is 5.67. The van der Waals surface area contributed by atoms with Crippen LogP contribution in [0.2, 0.25) is 0 Å². The van der Waals surface area contributed by atoms with Crippen molar-refractivity contribution in [2.75, 3.05) is 6.54 Å². The van der Waals surface area contributed by atoms with E-state index in [0.29, 0.717) is 5.54 Å². The van der Waals surface area contributed by atoms with Gasteiger partial charge in [-0.2, -0.15) is 0 Å². The molecule has 1 aromatic rings. The minimum Gasteiger partial charge on any atom is -0.307 e. The maximum atomic E-state index is 3.82. The Kier molecular flexibility index (Phi) is 2.32. The van der Waals surface area contributed by atoms with Gasteiger partial charge in [0.25, 0.3) is 0 Å². The molecule has 0 radical (unpaired) electrons. The Hall–Kier alpha value is -0.820. The van der Waals surface area contributed by atoms with E-state index in [-0.39, 0.29) is 0 Å². The van der Waals surface area contributed by atoms with Gasteiger partial charge in [0.15, 0.2) is 0 Å². The first-order valence-corrected chi connectivity index (χ1v) is 6.55. The number of aryl methyl sites for hydroxylation is 2. The van der Waals surface area contributed by atoms with Gasteiger partial charge in [-0.25, -0.2) is 0 Å². The van der Waals surface area contributed by atoms with E-state index < -0.39 is 0 Å². The summed E-state index contributed by atoms with van der Waals surface area (Å²) < 4.78 is 0. The molecule has 1 N–H and O–H groups in total. The summed E-state index contributed by atoms with van der Waals surface area (Å²) in [5.41, 5.74) is 4.77. The lowest BCUT2D eigenvalue weighted by atomic mass is 9.80. The topological polar surface area (TPSA) is 12.0 Å². The monoisotopic (exact) mass is 215 g/mol. The van der Waals surface area contributed by atoms with Crippen molar-refractivity contribution in [3.05, 3.63) is 34.9 Å². The van der Waals surface area contributed by atoms with E-state index in [1.54, 1.807) is 5.56 Å². The van der Waals surface area contributed by atoms with Crippen molar-refractivity contribution >= 4 is 0 Å². The zero-order chi connectivity index (χ0) is 11.2. The molecule has 0 aromatic heterocycles. The first kappa shape index (κ1) is 10.3. The molecule has 1 aromatic carbocycles. The predicted octanol–water partition coefficient (Wildman–Crippen LogP) is 3.29. The van der Waals surface area contributed by atoms with Gasteiger partial charge in [0, 0.05) is 5.54 Å². The summed E-state index contributed by atoms with van der Waals surface area (Å²) in [6, 6.07) is 6.93. The lowest BCUT2D eigenvalue weighted by molar-refractivity contribution is 0.334. The van der Waals surface area contributed by atoms with Gasteiger partial charge in [0.05, 0.1) is 0 Å². The van der Waals surface area contributed by atoms with Gasteiger partial charge in [-0.3, -0.25) is 0 Å². The Morgan fingerprint density at radius 3 is 2.69 bits per heavy atom. The van der Waals surface area contributed by atoms with Gasteiger partial charge in [0.2, 0.25) is 0 Å². The normalized spacial score (nSPS) is 29.6. The first-order valence-electron chi connectivity index (χ1n) is 6.55. The molecule has 1 aliphatic carbocycles. The van der Waals surface area contributed by atoms with E-state index in [1.165, 1.54) is 43.4 Å². The van der Waals surface area contributed by atoms with E-state index in [4.69, 9.17) is 0 Å². The van der Waals surface area contributed by atoms with Crippen molar-refractivity contribution in [3.63, 3.8) is 0 Å². The summed E-state index contributed by atoms with van der Waals surface area (Å²) in [4.78, 5) is 0. The second-order valence-corrected chi connectivity index (χ2v) is 5.59. The number of hydrogen-bond donors (Lipinski definition) is 1. The molecule has 0 bridgehead atoms. The maximum absolute atomic E-state index is 3.82. The third kappa shape index (κ3) is 1.49. The van der Waals surface area contributed by atoms with E-state index >= 15 is 0 Å². The average Bonchev–Trinajstić information content (AvgIpc) is 3.02. The van der Waals surface area contributed by atoms with Crippen molar-refractivity contribution in [3.8, 4) is 0 Å². The Bertz CT molecular complexity index is 398. The van der Waals surface area contributed by atoms with Crippen LogP contribution in [0.3, 0.4) is 0 Å². The summed E-state index contributed by atoms with van der Waals surface area (Å²) in [6.07, 6.45) is 5.51. The van der Waals surface area contributed by atoms with Gasteiger partial charge >= 0.3 is 0 Å². The fraction of sp³-hybridized carbons (Fsp3) is 0.600. The molecular formula is C15H21N. The van der Waals surface area contributed by atoms with E-state index in [2.05, 4.69) is 37.4 Å². The fourth-order valence-corrected chi connectivity index (χ4v) is 3.36. The molecule has 86 valence electrons. The highest BCUT2D eigenvalue weighted by molar-refractivity contribution is 5.38. The number of nitrogens with one attached hydrogen (secondary N) is 1. The zero-order valence-electron chi connectivity index (χ0n) is 10.3. The van der Waals surface area contributed by atoms with Crippen LogP contribution in [0.4, 0.5) is 0 Å². The second kappa shape index (κ2) is 3.59. The summed E-state index contributed by atoms with van der Waals surface area (Å²) in [5, 5.41) is 3.82. The van der Waals surface area contributed by atoms with Crippen molar-refractivity contribution in [2.45, 2.75) is 45.1 Å². The zero-order valence-corrected chi connectivity index (χ0v) is 10.3. The van der Waals surface area contributed by atoms with Crippen LogP contribution < -0.4 is 5.32 Å². The van der Waals surface area contributed by atoms with Gasteiger partial charge in [-0.05, 0) is 63.1 Å². The summed E-state index contributed by atoms with van der Waals surface area (Å²) >= 11 is 0. The standard InChI is InChI=1S/C15H21N/c1-11-4-5-12(2)14(10-11)15(13-6-7-13)8-3-9-16-15/h4-5,10,13,16H,3,6-9H2,1-2H3. The Morgan fingerprint density at radius 2 is 2.06 bits per heavy atom. The average molecular weight is 215 g/mol. The van der Waals surface area contributed by atoms with Crippen LogP contribution in [-0.2, 0) is 5.54 Å². The third-order valence-electron chi connectivity index (χ3n) is 4.34. The van der Waals surface area contributed by atoms with Crippen molar-refractivity contribution in [2.24, 2.45) is 5.92 Å². The molecule has 2 fully saturated rings. The van der Waals surface area contributed by atoms with Gasteiger partial charge < -0.3 is 5.32 Å².